The van der Waals surface area contributed by atoms with Crippen molar-refractivity contribution >= 4 is 11.2 Å². The van der Waals surface area contributed by atoms with Crippen LogP contribution in [0.25, 0.3) is 11.2 Å². The highest BCUT2D eigenvalue weighted by Crippen LogP contribution is 2.09. The van der Waals surface area contributed by atoms with Gasteiger partial charge >= 0.3 is 0 Å². The molecule has 0 aliphatic heterocycles. The number of H-pyrrole nitrogens is 1. The standard InChI is InChI=1S/C6H6FN5/c7-6-11-4-3(1-8)9-2-10-5(4)12-6/h2H,1,8H2,(H,9,10,11,12). The van der Waals surface area contributed by atoms with Crippen LogP contribution in [-0.2, 0) is 6.54 Å². The molecule has 5 nitrogen and oxygen atoms in total. The van der Waals surface area contributed by atoms with Gasteiger partial charge in [0.2, 0.25) is 0 Å². The Morgan fingerprint density at radius 1 is 1.50 bits per heavy atom. The molecule has 2 heterocycles. The number of imidazole rings is 1. The molecule has 62 valence electrons. The summed E-state index contributed by atoms with van der Waals surface area (Å²) in [4.78, 5) is 13.5. The maximum Gasteiger partial charge on any atom is 0.289 e. The van der Waals surface area contributed by atoms with Gasteiger partial charge in [-0.25, -0.2) is 9.97 Å². The molecule has 0 amide bonds. The molecule has 0 spiro atoms. The van der Waals surface area contributed by atoms with Crippen molar-refractivity contribution in [2.75, 3.05) is 0 Å². The van der Waals surface area contributed by atoms with E-state index in [2.05, 4.69) is 19.9 Å². The van der Waals surface area contributed by atoms with Crippen molar-refractivity contribution in [1.29, 1.82) is 0 Å². The minimum Gasteiger partial charge on any atom is -0.325 e. The number of nitrogens with one attached hydrogen (secondary N) is 1. The van der Waals surface area contributed by atoms with Gasteiger partial charge in [0.15, 0.2) is 5.65 Å². The van der Waals surface area contributed by atoms with E-state index in [0.717, 1.165) is 0 Å². The molecule has 0 bridgehead atoms. The summed E-state index contributed by atoms with van der Waals surface area (Å²) in [6, 6.07) is 0. The highest BCUT2D eigenvalue weighted by atomic mass is 19.1. The summed E-state index contributed by atoms with van der Waals surface area (Å²) in [5.41, 5.74) is 6.71. The fraction of sp³-hybridized carbons (Fsp3) is 0.167. The van der Waals surface area contributed by atoms with Crippen LogP contribution >= 0.6 is 0 Å². The van der Waals surface area contributed by atoms with Gasteiger partial charge in [-0.05, 0) is 0 Å². The first-order chi connectivity index (χ1) is 5.81. The van der Waals surface area contributed by atoms with E-state index in [1.165, 1.54) is 6.33 Å². The summed E-state index contributed by atoms with van der Waals surface area (Å²) < 4.78 is 12.6. The van der Waals surface area contributed by atoms with Crippen LogP contribution < -0.4 is 5.73 Å². The highest BCUT2D eigenvalue weighted by Gasteiger charge is 2.06. The number of aromatic nitrogens is 4. The van der Waals surface area contributed by atoms with Crippen LogP contribution in [0.2, 0.25) is 0 Å². The van der Waals surface area contributed by atoms with Crippen molar-refractivity contribution in [3.63, 3.8) is 0 Å². The minimum absolute atomic E-state index is 0.237. The number of nitrogens with two attached hydrogens (primary N) is 1. The second-order valence-electron chi connectivity index (χ2n) is 2.25. The number of hydrogen-bond donors (Lipinski definition) is 2. The molecule has 12 heavy (non-hydrogen) atoms. The van der Waals surface area contributed by atoms with Crippen molar-refractivity contribution in [2.45, 2.75) is 6.54 Å². The molecule has 0 fully saturated rings. The van der Waals surface area contributed by atoms with Gasteiger partial charge in [-0.15, -0.1) is 0 Å². The molecule has 2 aromatic heterocycles. The molecule has 0 atom stereocenters. The van der Waals surface area contributed by atoms with E-state index >= 15 is 0 Å². The second-order valence-corrected chi connectivity index (χ2v) is 2.25. The van der Waals surface area contributed by atoms with Crippen LogP contribution in [0, 0.1) is 6.08 Å². The topological polar surface area (TPSA) is 80.5 Å². The van der Waals surface area contributed by atoms with Gasteiger partial charge in [-0.3, -0.25) is 0 Å². The Hall–Kier alpha value is -1.56. The zero-order chi connectivity index (χ0) is 8.55. The third kappa shape index (κ3) is 0.928. The summed E-state index contributed by atoms with van der Waals surface area (Å²) in [6.07, 6.45) is 0.644. The Morgan fingerprint density at radius 3 is 3.08 bits per heavy atom. The van der Waals surface area contributed by atoms with Gasteiger partial charge < -0.3 is 10.7 Å². The molecule has 0 aliphatic rings. The van der Waals surface area contributed by atoms with Gasteiger partial charge in [0.05, 0.1) is 5.69 Å². The Labute approximate surface area is 66.9 Å². The summed E-state index contributed by atoms with van der Waals surface area (Å²) >= 11 is 0. The van der Waals surface area contributed by atoms with E-state index in [-0.39, 0.29) is 6.54 Å². The monoisotopic (exact) mass is 167 g/mol. The van der Waals surface area contributed by atoms with E-state index in [1.807, 2.05) is 0 Å². The van der Waals surface area contributed by atoms with Gasteiger partial charge in [-0.1, -0.05) is 0 Å². The SMILES string of the molecule is NCc1ncnc2nc(F)[nH]c12. The van der Waals surface area contributed by atoms with Crippen molar-refractivity contribution in [3.8, 4) is 0 Å². The van der Waals surface area contributed by atoms with Crippen molar-refractivity contribution in [1.82, 2.24) is 19.9 Å². The first-order valence-corrected chi connectivity index (χ1v) is 3.36. The number of aromatic amines is 1. The van der Waals surface area contributed by atoms with E-state index in [1.54, 1.807) is 0 Å². The Morgan fingerprint density at radius 2 is 2.33 bits per heavy atom. The number of hydrogen-bond acceptors (Lipinski definition) is 4. The van der Waals surface area contributed by atoms with E-state index in [9.17, 15) is 4.39 Å². The summed E-state index contributed by atoms with van der Waals surface area (Å²) in [6.45, 7) is 0.237. The van der Waals surface area contributed by atoms with Crippen molar-refractivity contribution < 1.29 is 4.39 Å². The van der Waals surface area contributed by atoms with Crippen molar-refractivity contribution in [2.24, 2.45) is 5.73 Å². The second kappa shape index (κ2) is 2.49. The van der Waals surface area contributed by atoms with Gasteiger partial charge in [0.25, 0.3) is 6.08 Å². The van der Waals surface area contributed by atoms with E-state index in [4.69, 9.17) is 5.73 Å². The summed E-state index contributed by atoms with van der Waals surface area (Å²) in [7, 11) is 0. The third-order valence-electron chi connectivity index (χ3n) is 1.53. The number of fused-ring (bicyclic) bond motifs is 1. The molecule has 2 rings (SSSR count). The number of rotatable bonds is 1. The lowest BCUT2D eigenvalue weighted by atomic mass is 10.4. The molecule has 0 radical (unpaired) electrons. The molecule has 3 N–H and O–H groups in total. The average Bonchev–Trinajstić information content (AvgIpc) is 2.44. The zero-order valence-corrected chi connectivity index (χ0v) is 6.08. The highest BCUT2D eigenvalue weighted by molar-refractivity contribution is 5.72. The normalized spacial score (nSPS) is 10.8. The summed E-state index contributed by atoms with van der Waals surface area (Å²) in [5.74, 6) is 0. The molecule has 0 aromatic carbocycles. The van der Waals surface area contributed by atoms with Crippen LogP contribution in [0.1, 0.15) is 5.69 Å². The van der Waals surface area contributed by atoms with Gasteiger partial charge in [0.1, 0.15) is 11.8 Å². The lowest BCUT2D eigenvalue weighted by molar-refractivity contribution is 0.555. The van der Waals surface area contributed by atoms with Crippen LogP contribution in [0.4, 0.5) is 4.39 Å². The van der Waals surface area contributed by atoms with Crippen LogP contribution in [-0.4, -0.2) is 19.9 Å². The molecular formula is C6H6FN5. The number of halogens is 1. The predicted octanol–water partition coefficient (Wildman–Crippen LogP) is -0.0493. The lowest BCUT2D eigenvalue weighted by Gasteiger charge is -1.93. The molecular weight excluding hydrogens is 161 g/mol. The number of nitrogens with zero attached hydrogens (tertiary/aromatic N) is 3. The Bertz CT molecular complexity index is 409. The fourth-order valence-corrected chi connectivity index (χ4v) is 1.00. The van der Waals surface area contributed by atoms with Gasteiger partial charge in [0, 0.05) is 6.54 Å². The lowest BCUT2D eigenvalue weighted by Crippen LogP contribution is -2.00. The molecule has 0 aliphatic carbocycles. The maximum atomic E-state index is 12.6. The quantitative estimate of drug-likeness (QED) is 0.583. The van der Waals surface area contributed by atoms with E-state index < -0.39 is 6.08 Å². The molecule has 0 saturated heterocycles. The Kier molecular flexibility index (Phi) is 1.47. The zero-order valence-electron chi connectivity index (χ0n) is 6.08. The minimum atomic E-state index is -0.666. The maximum absolute atomic E-state index is 12.6. The van der Waals surface area contributed by atoms with Gasteiger partial charge in [-0.2, -0.15) is 9.37 Å². The average molecular weight is 167 g/mol. The van der Waals surface area contributed by atoms with Crippen LogP contribution in [0.5, 0.6) is 0 Å². The third-order valence-corrected chi connectivity index (χ3v) is 1.53. The fourth-order valence-electron chi connectivity index (χ4n) is 1.00. The van der Waals surface area contributed by atoms with E-state index in [0.29, 0.717) is 16.9 Å². The molecule has 2 aromatic rings. The molecule has 0 unspecified atom stereocenters. The van der Waals surface area contributed by atoms with Crippen LogP contribution in [0.15, 0.2) is 6.33 Å². The predicted molar refractivity (Wildman–Crippen MR) is 39.5 cm³/mol. The van der Waals surface area contributed by atoms with Crippen molar-refractivity contribution in [3.05, 3.63) is 18.1 Å². The largest absolute Gasteiger partial charge is 0.325 e. The smallest absolute Gasteiger partial charge is 0.289 e. The van der Waals surface area contributed by atoms with Crippen LogP contribution in [0.3, 0.4) is 0 Å². The Balaban J connectivity index is 2.78. The first-order valence-electron chi connectivity index (χ1n) is 3.36. The molecule has 6 heteroatoms. The summed E-state index contributed by atoms with van der Waals surface area (Å²) in [5, 5.41) is 0. The molecule has 0 saturated carbocycles. The first kappa shape index (κ1) is 7.11.